The number of aryl methyl sites for hydroxylation is 1. The molecule has 80 valence electrons. The standard InChI is InChI=1S/C9H11N3O3/c1-6-2-3-8(12(13)14)9(11-6)15-7-4-10-5-7/h2-3,7,10H,4-5H2,1H3. The first-order valence-electron chi connectivity index (χ1n) is 4.66. The predicted molar refractivity (Wildman–Crippen MR) is 52.9 cm³/mol. The molecule has 15 heavy (non-hydrogen) atoms. The third kappa shape index (κ3) is 2.04. The lowest BCUT2D eigenvalue weighted by molar-refractivity contribution is -0.386. The van der Waals surface area contributed by atoms with Crippen LogP contribution in [0.25, 0.3) is 0 Å². The Morgan fingerprint density at radius 1 is 1.60 bits per heavy atom. The van der Waals surface area contributed by atoms with Gasteiger partial charge in [-0.3, -0.25) is 10.1 Å². The van der Waals surface area contributed by atoms with Gasteiger partial charge in [0.05, 0.1) is 4.92 Å². The Morgan fingerprint density at radius 2 is 2.33 bits per heavy atom. The first-order valence-corrected chi connectivity index (χ1v) is 4.66. The smallest absolute Gasteiger partial charge is 0.330 e. The lowest BCUT2D eigenvalue weighted by Gasteiger charge is -2.26. The summed E-state index contributed by atoms with van der Waals surface area (Å²) in [5.41, 5.74) is 0.635. The maximum absolute atomic E-state index is 10.7. The quantitative estimate of drug-likeness (QED) is 0.584. The third-order valence-electron chi connectivity index (χ3n) is 2.20. The fraction of sp³-hybridized carbons (Fsp3) is 0.444. The molecule has 0 atom stereocenters. The van der Waals surface area contributed by atoms with Crippen LogP contribution in [0, 0.1) is 17.0 Å². The highest BCUT2D eigenvalue weighted by Gasteiger charge is 2.24. The van der Waals surface area contributed by atoms with Crippen LogP contribution in [0.15, 0.2) is 12.1 Å². The summed E-state index contributed by atoms with van der Waals surface area (Å²) in [6.45, 7) is 3.20. The van der Waals surface area contributed by atoms with Crippen molar-refractivity contribution in [1.29, 1.82) is 0 Å². The van der Waals surface area contributed by atoms with Crippen LogP contribution in [-0.4, -0.2) is 29.1 Å². The van der Waals surface area contributed by atoms with E-state index in [0.717, 1.165) is 0 Å². The first kappa shape index (κ1) is 9.85. The van der Waals surface area contributed by atoms with Crippen molar-refractivity contribution in [1.82, 2.24) is 10.3 Å². The van der Waals surface area contributed by atoms with E-state index in [1.54, 1.807) is 13.0 Å². The monoisotopic (exact) mass is 209 g/mol. The molecule has 2 heterocycles. The molecule has 0 bridgehead atoms. The van der Waals surface area contributed by atoms with Gasteiger partial charge in [0, 0.05) is 24.8 Å². The van der Waals surface area contributed by atoms with E-state index in [0.29, 0.717) is 18.8 Å². The van der Waals surface area contributed by atoms with Crippen LogP contribution in [-0.2, 0) is 0 Å². The molecule has 1 N–H and O–H groups in total. The molecule has 1 aromatic heterocycles. The third-order valence-corrected chi connectivity index (χ3v) is 2.20. The van der Waals surface area contributed by atoms with E-state index in [1.807, 2.05) is 0 Å². The second kappa shape index (κ2) is 3.82. The van der Waals surface area contributed by atoms with Crippen molar-refractivity contribution in [2.45, 2.75) is 13.0 Å². The van der Waals surface area contributed by atoms with E-state index in [9.17, 15) is 10.1 Å². The topological polar surface area (TPSA) is 77.3 Å². The Balaban J connectivity index is 2.24. The van der Waals surface area contributed by atoms with Gasteiger partial charge in [-0.15, -0.1) is 0 Å². The Bertz CT molecular complexity index is 390. The summed E-state index contributed by atoms with van der Waals surface area (Å²) in [5, 5.41) is 13.7. The molecule has 0 aliphatic carbocycles. The molecule has 0 unspecified atom stereocenters. The fourth-order valence-electron chi connectivity index (χ4n) is 1.25. The molecule has 1 aliphatic rings. The van der Waals surface area contributed by atoms with Gasteiger partial charge in [-0.25, -0.2) is 4.98 Å². The number of hydrogen-bond acceptors (Lipinski definition) is 5. The summed E-state index contributed by atoms with van der Waals surface area (Å²) in [6.07, 6.45) is -0.00185. The molecule has 0 radical (unpaired) electrons. The number of nitro groups is 1. The van der Waals surface area contributed by atoms with Gasteiger partial charge >= 0.3 is 5.69 Å². The van der Waals surface area contributed by atoms with Crippen LogP contribution >= 0.6 is 0 Å². The van der Waals surface area contributed by atoms with Crippen molar-refractivity contribution in [2.75, 3.05) is 13.1 Å². The van der Waals surface area contributed by atoms with E-state index >= 15 is 0 Å². The average Bonchev–Trinajstić information content (AvgIpc) is 2.11. The molecular weight excluding hydrogens is 198 g/mol. The SMILES string of the molecule is Cc1ccc([N+](=O)[O-])c(OC2CNC2)n1. The average molecular weight is 209 g/mol. The molecule has 0 saturated carbocycles. The lowest BCUT2D eigenvalue weighted by Crippen LogP contribution is -2.50. The van der Waals surface area contributed by atoms with Gasteiger partial charge in [0.25, 0.3) is 5.88 Å². The number of rotatable bonds is 3. The van der Waals surface area contributed by atoms with Crippen molar-refractivity contribution >= 4 is 5.69 Å². The fourth-order valence-corrected chi connectivity index (χ4v) is 1.25. The number of aromatic nitrogens is 1. The zero-order chi connectivity index (χ0) is 10.8. The van der Waals surface area contributed by atoms with Crippen LogP contribution in [0.1, 0.15) is 5.69 Å². The molecule has 0 spiro atoms. The normalized spacial score (nSPS) is 15.8. The summed E-state index contributed by atoms with van der Waals surface area (Å²) < 4.78 is 5.41. The van der Waals surface area contributed by atoms with Gasteiger partial charge in [0.15, 0.2) is 0 Å². The Kier molecular flexibility index (Phi) is 2.51. The summed E-state index contributed by atoms with van der Waals surface area (Å²) in [7, 11) is 0. The number of ether oxygens (including phenoxy) is 1. The van der Waals surface area contributed by atoms with Crippen molar-refractivity contribution in [3.63, 3.8) is 0 Å². The van der Waals surface area contributed by atoms with E-state index < -0.39 is 4.92 Å². The number of pyridine rings is 1. The van der Waals surface area contributed by atoms with Gasteiger partial charge in [-0.2, -0.15) is 0 Å². The second-order valence-electron chi connectivity index (χ2n) is 3.43. The Labute approximate surface area is 86.4 Å². The van der Waals surface area contributed by atoms with Crippen molar-refractivity contribution < 1.29 is 9.66 Å². The summed E-state index contributed by atoms with van der Waals surface area (Å²) in [4.78, 5) is 14.2. The molecule has 1 aliphatic heterocycles. The minimum Gasteiger partial charge on any atom is -0.467 e. The minimum atomic E-state index is -0.478. The van der Waals surface area contributed by atoms with E-state index in [1.165, 1.54) is 6.07 Å². The zero-order valence-corrected chi connectivity index (χ0v) is 8.27. The van der Waals surface area contributed by atoms with Gasteiger partial charge in [0.2, 0.25) is 0 Å². The largest absolute Gasteiger partial charge is 0.467 e. The summed E-state index contributed by atoms with van der Waals surface area (Å²) in [6, 6.07) is 3.02. The number of hydrogen-bond donors (Lipinski definition) is 1. The van der Waals surface area contributed by atoms with Gasteiger partial charge in [0.1, 0.15) is 6.10 Å². The molecule has 0 amide bonds. The number of nitrogens with zero attached hydrogens (tertiary/aromatic N) is 2. The predicted octanol–water partition coefficient (Wildman–Crippen LogP) is 0.649. The molecule has 0 aromatic carbocycles. The highest BCUT2D eigenvalue weighted by Crippen LogP contribution is 2.25. The second-order valence-corrected chi connectivity index (χ2v) is 3.43. The van der Waals surface area contributed by atoms with Gasteiger partial charge in [-0.05, 0) is 13.0 Å². The van der Waals surface area contributed by atoms with Crippen LogP contribution in [0.5, 0.6) is 5.88 Å². The minimum absolute atomic E-state index is 0.00185. The van der Waals surface area contributed by atoms with E-state index in [4.69, 9.17) is 4.74 Å². The highest BCUT2D eigenvalue weighted by atomic mass is 16.6. The van der Waals surface area contributed by atoms with Crippen LogP contribution in [0.3, 0.4) is 0 Å². The van der Waals surface area contributed by atoms with E-state index in [-0.39, 0.29) is 17.7 Å². The molecule has 2 rings (SSSR count). The Morgan fingerprint density at radius 3 is 2.87 bits per heavy atom. The molecule has 6 heteroatoms. The highest BCUT2D eigenvalue weighted by molar-refractivity contribution is 5.41. The maximum Gasteiger partial charge on any atom is 0.330 e. The first-order chi connectivity index (χ1) is 7.16. The van der Waals surface area contributed by atoms with Crippen LogP contribution in [0.2, 0.25) is 0 Å². The molecule has 1 fully saturated rings. The summed E-state index contributed by atoms with van der Waals surface area (Å²) >= 11 is 0. The van der Waals surface area contributed by atoms with Gasteiger partial charge in [-0.1, -0.05) is 0 Å². The maximum atomic E-state index is 10.7. The van der Waals surface area contributed by atoms with Crippen LogP contribution in [0.4, 0.5) is 5.69 Å². The molecule has 1 aromatic rings. The van der Waals surface area contributed by atoms with E-state index in [2.05, 4.69) is 10.3 Å². The molecular formula is C9H11N3O3. The van der Waals surface area contributed by atoms with Crippen LogP contribution < -0.4 is 10.1 Å². The Hall–Kier alpha value is -1.69. The van der Waals surface area contributed by atoms with Crippen molar-refractivity contribution in [2.24, 2.45) is 0 Å². The number of nitrogens with one attached hydrogen (secondary N) is 1. The van der Waals surface area contributed by atoms with Crippen molar-refractivity contribution in [3.05, 3.63) is 27.9 Å². The molecule has 6 nitrogen and oxygen atoms in total. The van der Waals surface area contributed by atoms with Crippen molar-refractivity contribution in [3.8, 4) is 5.88 Å². The lowest BCUT2D eigenvalue weighted by atomic mass is 10.2. The zero-order valence-electron chi connectivity index (χ0n) is 8.27. The van der Waals surface area contributed by atoms with Gasteiger partial charge < -0.3 is 10.1 Å². The molecule has 1 saturated heterocycles. The summed E-state index contributed by atoms with van der Waals surface area (Å²) in [5.74, 6) is 0.117.